The van der Waals surface area contributed by atoms with Crippen molar-refractivity contribution in [1.82, 2.24) is 9.80 Å². The number of esters is 1. The van der Waals surface area contributed by atoms with E-state index in [-0.39, 0.29) is 17.9 Å². The average Bonchev–Trinajstić information content (AvgIpc) is 2.82. The minimum absolute atomic E-state index is 0.0225. The number of piperidine rings is 1. The number of carbonyl (C=O) groups is 2. The van der Waals surface area contributed by atoms with Gasteiger partial charge in [-0.3, -0.25) is 9.59 Å². The maximum Gasteiger partial charge on any atom is 0.303 e. The number of hydrogen-bond acceptors (Lipinski definition) is 5. The Morgan fingerprint density at radius 2 is 1.85 bits per heavy atom. The molecule has 6 heteroatoms. The Bertz CT molecular complexity index is 1010. The van der Waals surface area contributed by atoms with E-state index in [1.54, 1.807) is 7.11 Å². The molecule has 2 fully saturated rings. The molecular weight excluding hydrogens is 416 g/mol. The van der Waals surface area contributed by atoms with E-state index in [1.165, 1.54) is 6.92 Å². The van der Waals surface area contributed by atoms with Crippen LogP contribution in [0.25, 0.3) is 0 Å². The summed E-state index contributed by atoms with van der Waals surface area (Å²) in [5.74, 6) is 0.549. The molecule has 0 bridgehead atoms. The SMILES string of the molecule is COc1cccc([C@@]23CCN(C)C[C@@]2(OC(C)=O)CC[C@H](N(C)C(=O)c2ccccc2)C3)c1. The van der Waals surface area contributed by atoms with Crippen LogP contribution >= 0.6 is 0 Å². The lowest BCUT2D eigenvalue weighted by molar-refractivity contribution is -0.187. The van der Waals surface area contributed by atoms with E-state index < -0.39 is 11.0 Å². The Balaban J connectivity index is 1.76. The summed E-state index contributed by atoms with van der Waals surface area (Å²) in [4.78, 5) is 29.7. The molecule has 1 amide bonds. The van der Waals surface area contributed by atoms with Crippen LogP contribution in [0.5, 0.6) is 5.75 Å². The Labute approximate surface area is 196 Å². The van der Waals surface area contributed by atoms with Gasteiger partial charge in [0.2, 0.25) is 0 Å². The molecule has 1 saturated heterocycles. The van der Waals surface area contributed by atoms with Crippen LogP contribution in [0.15, 0.2) is 54.6 Å². The summed E-state index contributed by atoms with van der Waals surface area (Å²) in [6, 6.07) is 17.6. The van der Waals surface area contributed by atoms with Crippen LogP contribution in [0.1, 0.15) is 48.5 Å². The van der Waals surface area contributed by atoms with Gasteiger partial charge in [-0.05, 0) is 69.1 Å². The van der Waals surface area contributed by atoms with E-state index in [9.17, 15) is 9.59 Å². The van der Waals surface area contributed by atoms with Crippen molar-refractivity contribution in [3.63, 3.8) is 0 Å². The number of nitrogens with zero attached hydrogens (tertiary/aromatic N) is 2. The number of amides is 1. The maximum absolute atomic E-state index is 13.3. The first-order chi connectivity index (χ1) is 15.8. The van der Waals surface area contributed by atoms with Crippen molar-refractivity contribution >= 4 is 11.9 Å². The van der Waals surface area contributed by atoms with Gasteiger partial charge in [-0.2, -0.15) is 0 Å². The van der Waals surface area contributed by atoms with Gasteiger partial charge < -0.3 is 19.3 Å². The Morgan fingerprint density at radius 1 is 1.09 bits per heavy atom. The third-order valence-corrected chi connectivity index (χ3v) is 7.63. The van der Waals surface area contributed by atoms with Crippen LogP contribution in [-0.2, 0) is 14.9 Å². The molecule has 0 aromatic heterocycles. The van der Waals surface area contributed by atoms with Gasteiger partial charge in [0, 0.05) is 37.5 Å². The minimum atomic E-state index is -0.647. The fourth-order valence-corrected chi connectivity index (χ4v) is 5.97. The lowest BCUT2D eigenvalue weighted by Crippen LogP contribution is -2.68. The van der Waals surface area contributed by atoms with Gasteiger partial charge in [0.05, 0.1) is 7.11 Å². The van der Waals surface area contributed by atoms with E-state index in [0.717, 1.165) is 37.1 Å². The van der Waals surface area contributed by atoms with Gasteiger partial charge in [0.1, 0.15) is 11.4 Å². The molecule has 1 aliphatic heterocycles. The van der Waals surface area contributed by atoms with Crippen molar-refractivity contribution in [2.24, 2.45) is 0 Å². The monoisotopic (exact) mass is 450 g/mol. The number of carbonyl (C=O) groups excluding carboxylic acids is 2. The van der Waals surface area contributed by atoms with Crippen molar-refractivity contribution in [3.8, 4) is 5.75 Å². The van der Waals surface area contributed by atoms with Crippen LogP contribution in [-0.4, -0.2) is 67.6 Å². The maximum atomic E-state index is 13.3. The summed E-state index contributed by atoms with van der Waals surface area (Å²) in [6.45, 7) is 3.06. The summed E-state index contributed by atoms with van der Waals surface area (Å²) < 4.78 is 11.8. The molecule has 1 aliphatic carbocycles. The third kappa shape index (κ3) is 4.24. The lowest BCUT2D eigenvalue weighted by atomic mass is 9.55. The van der Waals surface area contributed by atoms with Crippen LogP contribution in [0.4, 0.5) is 0 Å². The normalized spacial score (nSPS) is 27.3. The zero-order valence-electron chi connectivity index (χ0n) is 20.0. The van der Waals surface area contributed by atoms with Gasteiger partial charge in [-0.15, -0.1) is 0 Å². The van der Waals surface area contributed by atoms with Crippen LogP contribution in [0, 0.1) is 0 Å². The Kier molecular flexibility index (Phi) is 6.48. The fourth-order valence-electron chi connectivity index (χ4n) is 5.97. The molecule has 1 saturated carbocycles. The zero-order chi connectivity index (χ0) is 23.6. The Hall–Kier alpha value is -2.86. The molecule has 3 atom stereocenters. The molecule has 2 aromatic rings. The molecule has 2 aliphatic rings. The molecule has 33 heavy (non-hydrogen) atoms. The standard InChI is InChI=1S/C27H34N2O4/c1-20(30)33-27-14-13-23(29(3)25(31)21-9-6-5-7-10-21)18-26(27,15-16-28(2)19-27)22-11-8-12-24(17-22)32-4/h5-12,17,23H,13-16,18-19H2,1-4H3/t23-,26-,27-/m0/s1. The smallest absolute Gasteiger partial charge is 0.303 e. The fraction of sp³-hybridized carbons (Fsp3) is 0.481. The van der Waals surface area contributed by atoms with Gasteiger partial charge in [-0.1, -0.05) is 30.3 Å². The molecule has 0 N–H and O–H groups in total. The number of likely N-dealkylation sites (tertiary alicyclic amines) is 1. The highest BCUT2D eigenvalue weighted by Gasteiger charge is 2.61. The lowest BCUT2D eigenvalue weighted by Gasteiger charge is -2.59. The molecule has 4 rings (SSSR count). The second-order valence-electron chi connectivity index (χ2n) is 9.57. The van der Waals surface area contributed by atoms with Gasteiger partial charge in [-0.25, -0.2) is 0 Å². The van der Waals surface area contributed by atoms with E-state index in [1.807, 2.05) is 54.4 Å². The predicted molar refractivity (Wildman–Crippen MR) is 127 cm³/mol. The van der Waals surface area contributed by atoms with Crippen molar-refractivity contribution in [2.75, 3.05) is 34.3 Å². The first kappa shape index (κ1) is 23.3. The van der Waals surface area contributed by atoms with Gasteiger partial charge in [0.25, 0.3) is 5.91 Å². The summed E-state index contributed by atoms with van der Waals surface area (Å²) in [5, 5.41) is 0. The number of benzene rings is 2. The number of rotatable bonds is 5. The van der Waals surface area contributed by atoms with Gasteiger partial charge in [0.15, 0.2) is 0 Å². The zero-order valence-corrected chi connectivity index (χ0v) is 20.0. The van der Waals surface area contributed by atoms with Crippen LogP contribution in [0.3, 0.4) is 0 Å². The molecule has 6 nitrogen and oxygen atoms in total. The van der Waals surface area contributed by atoms with Crippen molar-refractivity contribution in [1.29, 1.82) is 0 Å². The first-order valence-electron chi connectivity index (χ1n) is 11.7. The summed E-state index contributed by atoms with van der Waals surface area (Å²) in [7, 11) is 5.64. The topological polar surface area (TPSA) is 59.1 Å². The second kappa shape index (κ2) is 9.18. The molecule has 0 spiro atoms. The summed E-state index contributed by atoms with van der Waals surface area (Å²) in [5.41, 5.74) is 0.747. The predicted octanol–water partition coefficient (Wildman–Crippen LogP) is 3.90. The van der Waals surface area contributed by atoms with Crippen LogP contribution in [0.2, 0.25) is 0 Å². The number of methoxy groups -OCH3 is 1. The average molecular weight is 451 g/mol. The highest BCUT2D eigenvalue weighted by atomic mass is 16.6. The van der Waals surface area contributed by atoms with E-state index >= 15 is 0 Å². The minimum Gasteiger partial charge on any atom is -0.497 e. The summed E-state index contributed by atoms with van der Waals surface area (Å²) in [6.07, 6.45) is 3.05. The van der Waals surface area contributed by atoms with Crippen LogP contribution < -0.4 is 4.74 Å². The Morgan fingerprint density at radius 3 is 2.55 bits per heavy atom. The molecule has 2 aromatic carbocycles. The van der Waals surface area contributed by atoms with Gasteiger partial charge >= 0.3 is 5.97 Å². The second-order valence-corrected chi connectivity index (χ2v) is 9.57. The van der Waals surface area contributed by atoms with Crippen molar-refractivity contribution in [2.45, 2.75) is 49.7 Å². The number of fused-ring (bicyclic) bond motifs is 1. The molecule has 1 heterocycles. The molecule has 176 valence electrons. The summed E-state index contributed by atoms with van der Waals surface area (Å²) >= 11 is 0. The van der Waals surface area contributed by atoms with E-state index in [0.29, 0.717) is 18.5 Å². The van der Waals surface area contributed by atoms with E-state index in [2.05, 4.69) is 24.1 Å². The van der Waals surface area contributed by atoms with Crippen molar-refractivity contribution in [3.05, 3.63) is 65.7 Å². The highest BCUT2D eigenvalue weighted by molar-refractivity contribution is 5.94. The first-order valence-corrected chi connectivity index (χ1v) is 11.7. The number of ether oxygens (including phenoxy) is 2. The molecular formula is C27H34N2O4. The molecule has 0 unspecified atom stereocenters. The number of hydrogen-bond donors (Lipinski definition) is 0. The third-order valence-electron chi connectivity index (χ3n) is 7.63. The largest absolute Gasteiger partial charge is 0.497 e. The highest BCUT2D eigenvalue weighted by Crippen LogP contribution is 2.54. The van der Waals surface area contributed by atoms with Crippen molar-refractivity contribution < 1.29 is 19.1 Å². The van der Waals surface area contributed by atoms with E-state index in [4.69, 9.17) is 9.47 Å². The number of likely N-dealkylation sites (N-methyl/N-ethyl adjacent to an activating group) is 1. The molecule has 0 radical (unpaired) electrons. The quantitative estimate of drug-likeness (QED) is 0.647.